The fourth-order valence-electron chi connectivity index (χ4n) is 2.44. The van der Waals surface area contributed by atoms with E-state index in [1.54, 1.807) is 30.3 Å². The van der Waals surface area contributed by atoms with Crippen LogP contribution in [0.5, 0.6) is 11.5 Å². The van der Waals surface area contributed by atoms with Crippen LogP contribution < -0.4 is 0 Å². The molecule has 4 heteroatoms. The van der Waals surface area contributed by atoms with Crippen molar-refractivity contribution in [1.29, 1.82) is 0 Å². The van der Waals surface area contributed by atoms with Gasteiger partial charge in [-0.1, -0.05) is 24.3 Å². The van der Waals surface area contributed by atoms with E-state index in [0.717, 1.165) is 0 Å². The van der Waals surface area contributed by atoms with Gasteiger partial charge in [-0.25, -0.2) is 0 Å². The fourth-order valence-corrected chi connectivity index (χ4v) is 2.44. The highest BCUT2D eigenvalue weighted by Crippen LogP contribution is 2.38. The highest BCUT2D eigenvalue weighted by Gasteiger charge is 2.17. The molecule has 0 unspecified atom stereocenters. The van der Waals surface area contributed by atoms with E-state index in [0.29, 0.717) is 21.5 Å². The van der Waals surface area contributed by atoms with Crippen LogP contribution in [0.15, 0.2) is 42.5 Å². The SMILES string of the molecule is O=CC(=O)c1c2ccccc2cc2c(O)c(O)ccc12. The monoisotopic (exact) mass is 266 g/mol. The van der Waals surface area contributed by atoms with Crippen molar-refractivity contribution in [2.75, 3.05) is 0 Å². The lowest BCUT2D eigenvalue weighted by Crippen LogP contribution is -2.02. The van der Waals surface area contributed by atoms with Crippen LogP contribution in [-0.4, -0.2) is 22.3 Å². The van der Waals surface area contributed by atoms with Crippen molar-refractivity contribution in [2.45, 2.75) is 0 Å². The van der Waals surface area contributed by atoms with E-state index < -0.39 is 5.78 Å². The van der Waals surface area contributed by atoms with Gasteiger partial charge in [0, 0.05) is 10.9 Å². The van der Waals surface area contributed by atoms with Crippen LogP contribution in [-0.2, 0) is 4.79 Å². The highest BCUT2D eigenvalue weighted by molar-refractivity contribution is 6.40. The first-order chi connectivity index (χ1) is 9.63. The summed E-state index contributed by atoms with van der Waals surface area (Å²) >= 11 is 0. The summed E-state index contributed by atoms with van der Waals surface area (Å²) in [6, 6.07) is 11.6. The number of benzene rings is 3. The fraction of sp³-hybridized carbons (Fsp3) is 0. The maximum absolute atomic E-state index is 11.9. The lowest BCUT2D eigenvalue weighted by molar-refractivity contribution is -0.104. The number of aromatic hydroxyl groups is 2. The molecule has 0 aliphatic heterocycles. The summed E-state index contributed by atoms with van der Waals surface area (Å²) in [7, 11) is 0. The van der Waals surface area contributed by atoms with Crippen LogP contribution in [0.4, 0.5) is 0 Å². The Kier molecular flexibility index (Phi) is 2.64. The van der Waals surface area contributed by atoms with Crippen LogP contribution in [0, 0.1) is 0 Å². The molecule has 3 rings (SSSR count). The van der Waals surface area contributed by atoms with E-state index in [1.165, 1.54) is 12.1 Å². The second kappa shape index (κ2) is 4.35. The van der Waals surface area contributed by atoms with Crippen LogP contribution >= 0.6 is 0 Å². The van der Waals surface area contributed by atoms with Crippen LogP contribution in [0.2, 0.25) is 0 Å². The number of Topliss-reactive ketones (excluding diaryl/α,β-unsaturated/α-hetero) is 1. The minimum absolute atomic E-state index is 0.239. The zero-order chi connectivity index (χ0) is 14.3. The summed E-state index contributed by atoms with van der Waals surface area (Å²) in [5.41, 5.74) is 0.239. The molecule has 0 heterocycles. The molecule has 2 N–H and O–H groups in total. The first-order valence-corrected chi connectivity index (χ1v) is 5.99. The van der Waals surface area contributed by atoms with Gasteiger partial charge in [-0.05, 0) is 34.4 Å². The zero-order valence-electron chi connectivity index (χ0n) is 10.3. The number of aldehydes is 1. The number of rotatable bonds is 2. The first kappa shape index (κ1) is 12.2. The molecular weight excluding hydrogens is 256 g/mol. The predicted molar refractivity (Wildman–Crippen MR) is 75.2 cm³/mol. The number of hydrogen-bond acceptors (Lipinski definition) is 4. The summed E-state index contributed by atoms with van der Waals surface area (Å²) < 4.78 is 0. The molecule has 20 heavy (non-hydrogen) atoms. The molecule has 0 aliphatic carbocycles. The molecule has 4 nitrogen and oxygen atoms in total. The van der Waals surface area contributed by atoms with E-state index >= 15 is 0 Å². The quantitative estimate of drug-likeness (QED) is 0.246. The molecule has 0 amide bonds. The molecular formula is C16H10O4. The summed E-state index contributed by atoms with van der Waals surface area (Å²) in [6.45, 7) is 0. The van der Waals surface area contributed by atoms with Crippen molar-refractivity contribution >= 4 is 33.6 Å². The average Bonchev–Trinajstić information content (AvgIpc) is 2.48. The van der Waals surface area contributed by atoms with E-state index in [-0.39, 0.29) is 23.3 Å². The molecule has 3 aromatic rings. The minimum Gasteiger partial charge on any atom is -0.504 e. The predicted octanol–water partition coefficient (Wildman–Crippen LogP) is 2.79. The third-order valence-corrected chi connectivity index (χ3v) is 3.35. The Bertz CT molecular complexity index is 865. The third-order valence-electron chi connectivity index (χ3n) is 3.35. The topological polar surface area (TPSA) is 74.6 Å². The summed E-state index contributed by atoms with van der Waals surface area (Å²) in [5.74, 6) is -1.22. The van der Waals surface area contributed by atoms with Gasteiger partial charge in [0.05, 0.1) is 0 Å². The number of phenols is 2. The minimum atomic E-state index is -0.656. The van der Waals surface area contributed by atoms with Crippen molar-refractivity contribution < 1.29 is 19.8 Å². The Labute approximate surface area is 113 Å². The van der Waals surface area contributed by atoms with Crippen molar-refractivity contribution in [2.24, 2.45) is 0 Å². The first-order valence-electron chi connectivity index (χ1n) is 5.99. The van der Waals surface area contributed by atoms with Crippen molar-refractivity contribution in [3.63, 3.8) is 0 Å². The van der Waals surface area contributed by atoms with E-state index in [1.807, 2.05) is 0 Å². The van der Waals surface area contributed by atoms with Gasteiger partial charge < -0.3 is 10.2 Å². The number of ketones is 1. The Morgan fingerprint density at radius 1 is 0.950 bits per heavy atom. The van der Waals surface area contributed by atoms with E-state index in [9.17, 15) is 19.8 Å². The summed E-state index contributed by atoms with van der Waals surface area (Å²) in [4.78, 5) is 22.8. The normalized spacial score (nSPS) is 10.8. The Morgan fingerprint density at radius 2 is 1.70 bits per heavy atom. The Morgan fingerprint density at radius 3 is 2.45 bits per heavy atom. The average molecular weight is 266 g/mol. The van der Waals surface area contributed by atoms with Gasteiger partial charge >= 0.3 is 0 Å². The largest absolute Gasteiger partial charge is 0.504 e. The molecule has 0 aliphatic rings. The lowest BCUT2D eigenvalue weighted by Gasteiger charge is -2.10. The van der Waals surface area contributed by atoms with Crippen molar-refractivity contribution in [3.8, 4) is 11.5 Å². The molecule has 0 saturated carbocycles. The number of carbonyl (C=O) groups excluding carboxylic acids is 2. The highest BCUT2D eigenvalue weighted by atomic mass is 16.3. The van der Waals surface area contributed by atoms with Gasteiger partial charge in [0.2, 0.25) is 5.78 Å². The van der Waals surface area contributed by atoms with Gasteiger partial charge in [-0.15, -0.1) is 0 Å². The molecule has 98 valence electrons. The van der Waals surface area contributed by atoms with E-state index in [2.05, 4.69) is 0 Å². The number of fused-ring (bicyclic) bond motifs is 2. The molecule has 0 atom stereocenters. The van der Waals surface area contributed by atoms with Crippen molar-refractivity contribution in [3.05, 3.63) is 48.0 Å². The summed E-state index contributed by atoms with van der Waals surface area (Å²) in [5, 5.41) is 21.7. The molecule has 0 bridgehead atoms. The number of carbonyl (C=O) groups is 2. The smallest absolute Gasteiger partial charge is 0.226 e. The zero-order valence-corrected chi connectivity index (χ0v) is 10.3. The van der Waals surface area contributed by atoms with Gasteiger partial charge in [0.25, 0.3) is 0 Å². The van der Waals surface area contributed by atoms with Gasteiger partial charge in [-0.3, -0.25) is 9.59 Å². The standard InChI is InChI=1S/C16H10O4/c17-8-14(19)15-10-4-2-1-3-9(10)7-12-11(15)5-6-13(18)16(12)20/h1-8,18,20H. The van der Waals surface area contributed by atoms with Crippen LogP contribution in [0.3, 0.4) is 0 Å². The Balaban J connectivity index is 2.60. The molecule has 0 spiro atoms. The molecule has 0 aromatic heterocycles. The van der Waals surface area contributed by atoms with Crippen LogP contribution in [0.25, 0.3) is 21.5 Å². The van der Waals surface area contributed by atoms with E-state index in [4.69, 9.17) is 0 Å². The third kappa shape index (κ3) is 1.62. The molecule has 0 saturated heterocycles. The maximum atomic E-state index is 11.9. The van der Waals surface area contributed by atoms with Gasteiger partial charge in [-0.2, -0.15) is 0 Å². The number of phenolic OH excluding ortho intramolecular Hbond substituents is 2. The molecule has 0 fully saturated rings. The maximum Gasteiger partial charge on any atom is 0.226 e. The lowest BCUT2D eigenvalue weighted by atomic mass is 9.94. The second-order valence-electron chi connectivity index (χ2n) is 4.48. The van der Waals surface area contributed by atoms with Crippen LogP contribution in [0.1, 0.15) is 10.4 Å². The molecule has 3 aromatic carbocycles. The summed E-state index contributed by atoms with van der Waals surface area (Å²) in [6.07, 6.45) is 0.255. The van der Waals surface area contributed by atoms with Gasteiger partial charge in [0.1, 0.15) is 0 Å². The Hall–Kier alpha value is -2.88. The molecule has 0 radical (unpaired) electrons. The van der Waals surface area contributed by atoms with Gasteiger partial charge in [0.15, 0.2) is 17.8 Å². The van der Waals surface area contributed by atoms with Crippen molar-refractivity contribution in [1.82, 2.24) is 0 Å². The number of hydrogen-bond donors (Lipinski definition) is 2. The second-order valence-corrected chi connectivity index (χ2v) is 4.48.